The molecule has 2 heterocycles. The van der Waals surface area contributed by atoms with Crippen LogP contribution in [0.4, 0.5) is 0 Å². The number of nitrogens with zero attached hydrogens (tertiary/aromatic N) is 1. The van der Waals surface area contributed by atoms with E-state index in [1.807, 2.05) is 43.3 Å². The standard InChI is InChI=1S/C22H17NO3/c1-14(15-5-3-2-4-6-15)11-20(24)16-7-8-18-17-9-10-23-13-19(17)22(25)26-21(18)12-16/h2-10,12-14H,11H2,1H3/t14-/m0/s1. The quantitative estimate of drug-likeness (QED) is 0.306. The van der Waals surface area contributed by atoms with Crippen LogP contribution in [0.1, 0.15) is 35.2 Å². The Balaban J connectivity index is 1.70. The first-order chi connectivity index (χ1) is 12.6. The van der Waals surface area contributed by atoms with Crippen LogP contribution in [0.15, 0.2) is 76.2 Å². The van der Waals surface area contributed by atoms with Crippen molar-refractivity contribution >= 4 is 27.5 Å². The normalized spacial score (nSPS) is 12.3. The van der Waals surface area contributed by atoms with Crippen molar-refractivity contribution in [3.8, 4) is 0 Å². The Morgan fingerprint density at radius 3 is 2.65 bits per heavy atom. The van der Waals surface area contributed by atoms with Gasteiger partial charge in [-0.05, 0) is 29.7 Å². The number of ketones is 1. The summed E-state index contributed by atoms with van der Waals surface area (Å²) in [5.41, 5.74) is 1.67. The first-order valence-corrected chi connectivity index (χ1v) is 8.52. The molecule has 128 valence electrons. The molecule has 2 aromatic heterocycles. The van der Waals surface area contributed by atoms with Crippen LogP contribution >= 0.6 is 0 Å². The lowest BCUT2D eigenvalue weighted by atomic mass is 9.93. The minimum atomic E-state index is -0.442. The van der Waals surface area contributed by atoms with Gasteiger partial charge in [-0.1, -0.05) is 43.3 Å². The molecule has 0 radical (unpaired) electrons. The molecule has 0 bridgehead atoms. The van der Waals surface area contributed by atoms with Crippen LogP contribution in [0.5, 0.6) is 0 Å². The van der Waals surface area contributed by atoms with Gasteiger partial charge in [0.05, 0.1) is 5.39 Å². The average molecular weight is 343 g/mol. The molecule has 0 aliphatic carbocycles. The molecule has 0 saturated heterocycles. The summed E-state index contributed by atoms with van der Waals surface area (Å²) < 4.78 is 5.41. The summed E-state index contributed by atoms with van der Waals surface area (Å²) in [7, 11) is 0. The Morgan fingerprint density at radius 2 is 1.85 bits per heavy atom. The second-order valence-electron chi connectivity index (χ2n) is 6.46. The number of rotatable bonds is 4. The van der Waals surface area contributed by atoms with Crippen molar-refractivity contribution in [2.75, 3.05) is 0 Å². The van der Waals surface area contributed by atoms with E-state index in [0.717, 1.165) is 16.3 Å². The van der Waals surface area contributed by atoms with E-state index in [-0.39, 0.29) is 11.7 Å². The van der Waals surface area contributed by atoms with Crippen molar-refractivity contribution in [3.05, 3.63) is 88.5 Å². The fourth-order valence-corrected chi connectivity index (χ4v) is 3.24. The van der Waals surface area contributed by atoms with E-state index < -0.39 is 5.63 Å². The first-order valence-electron chi connectivity index (χ1n) is 8.52. The number of hydrogen-bond acceptors (Lipinski definition) is 4. The zero-order valence-electron chi connectivity index (χ0n) is 14.3. The molecule has 4 nitrogen and oxygen atoms in total. The van der Waals surface area contributed by atoms with Gasteiger partial charge in [0.1, 0.15) is 5.58 Å². The van der Waals surface area contributed by atoms with Crippen LogP contribution in [0, 0.1) is 0 Å². The van der Waals surface area contributed by atoms with Gasteiger partial charge in [0.2, 0.25) is 0 Å². The smallest absolute Gasteiger partial charge is 0.345 e. The molecule has 4 aromatic rings. The molecule has 4 heteroatoms. The second-order valence-corrected chi connectivity index (χ2v) is 6.46. The highest BCUT2D eigenvalue weighted by atomic mass is 16.4. The topological polar surface area (TPSA) is 60.2 Å². The van der Waals surface area contributed by atoms with Gasteiger partial charge in [0.15, 0.2) is 5.78 Å². The summed E-state index contributed by atoms with van der Waals surface area (Å²) >= 11 is 0. The zero-order valence-corrected chi connectivity index (χ0v) is 14.3. The molecule has 0 N–H and O–H groups in total. The summed E-state index contributed by atoms with van der Waals surface area (Å²) in [6, 6.07) is 17.0. The number of carbonyl (C=O) groups excluding carboxylic acids is 1. The average Bonchev–Trinajstić information content (AvgIpc) is 2.68. The van der Waals surface area contributed by atoms with Crippen LogP contribution in [0.2, 0.25) is 0 Å². The molecule has 0 saturated carbocycles. The van der Waals surface area contributed by atoms with Crippen molar-refractivity contribution in [2.24, 2.45) is 0 Å². The van der Waals surface area contributed by atoms with Gasteiger partial charge in [-0.3, -0.25) is 9.78 Å². The lowest BCUT2D eigenvalue weighted by Gasteiger charge is -2.11. The molecule has 0 fully saturated rings. The van der Waals surface area contributed by atoms with Crippen LogP contribution < -0.4 is 5.63 Å². The maximum absolute atomic E-state index is 12.7. The SMILES string of the molecule is C[C@@H](CC(=O)c1ccc2c(c1)oc(=O)c1cnccc12)c1ccccc1. The fraction of sp³-hybridized carbons (Fsp3) is 0.136. The third kappa shape index (κ3) is 2.90. The maximum atomic E-state index is 12.7. The summed E-state index contributed by atoms with van der Waals surface area (Å²) in [6.07, 6.45) is 3.54. The monoisotopic (exact) mass is 343 g/mol. The largest absolute Gasteiger partial charge is 0.422 e. The molecule has 0 unspecified atom stereocenters. The maximum Gasteiger partial charge on any atom is 0.345 e. The van der Waals surface area contributed by atoms with Crippen LogP contribution in [0.3, 0.4) is 0 Å². The van der Waals surface area contributed by atoms with Gasteiger partial charge >= 0.3 is 5.63 Å². The predicted molar refractivity (Wildman–Crippen MR) is 102 cm³/mol. The predicted octanol–water partition coefficient (Wildman–Crippen LogP) is 4.72. The van der Waals surface area contributed by atoms with Gasteiger partial charge in [-0.2, -0.15) is 0 Å². The summed E-state index contributed by atoms with van der Waals surface area (Å²) in [4.78, 5) is 28.8. The molecular formula is C22H17NO3. The van der Waals surface area contributed by atoms with Gasteiger partial charge < -0.3 is 4.42 Å². The highest BCUT2D eigenvalue weighted by Gasteiger charge is 2.15. The molecular weight excluding hydrogens is 326 g/mol. The lowest BCUT2D eigenvalue weighted by molar-refractivity contribution is 0.0975. The molecule has 0 aliphatic heterocycles. The van der Waals surface area contributed by atoms with Crippen LogP contribution in [-0.4, -0.2) is 10.8 Å². The van der Waals surface area contributed by atoms with Gasteiger partial charge in [-0.25, -0.2) is 4.79 Å². The molecule has 2 aromatic carbocycles. The van der Waals surface area contributed by atoms with Gasteiger partial charge in [0, 0.05) is 35.2 Å². The summed E-state index contributed by atoms with van der Waals surface area (Å²) in [5.74, 6) is 0.148. The fourth-order valence-electron chi connectivity index (χ4n) is 3.24. The van der Waals surface area contributed by atoms with E-state index in [4.69, 9.17) is 4.42 Å². The Morgan fingerprint density at radius 1 is 1.04 bits per heavy atom. The third-order valence-corrected chi connectivity index (χ3v) is 4.70. The Bertz CT molecular complexity index is 1160. The van der Waals surface area contributed by atoms with Crippen molar-refractivity contribution in [2.45, 2.75) is 19.3 Å². The number of carbonyl (C=O) groups is 1. The number of aromatic nitrogens is 1. The van der Waals surface area contributed by atoms with Crippen LogP contribution in [0.25, 0.3) is 21.7 Å². The number of fused-ring (bicyclic) bond motifs is 3. The van der Waals surface area contributed by atoms with E-state index >= 15 is 0 Å². The minimum Gasteiger partial charge on any atom is -0.422 e. The number of pyridine rings is 1. The number of hydrogen-bond donors (Lipinski definition) is 0. The molecule has 0 aliphatic rings. The van der Waals surface area contributed by atoms with Crippen molar-refractivity contribution in [1.29, 1.82) is 0 Å². The minimum absolute atomic E-state index is 0.0285. The van der Waals surface area contributed by atoms with E-state index in [2.05, 4.69) is 4.98 Å². The van der Waals surface area contributed by atoms with Crippen LogP contribution in [-0.2, 0) is 0 Å². The number of benzene rings is 2. The van der Waals surface area contributed by atoms with E-state index in [1.54, 1.807) is 24.4 Å². The Kier molecular flexibility index (Phi) is 4.09. The van der Waals surface area contributed by atoms with Crippen molar-refractivity contribution in [3.63, 3.8) is 0 Å². The van der Waals surface area contributed by atoms with Gasteiger partial charge in [-0.15, -0.1) is 0 Å². The van der Waals surface area contributed by atoms with E-state index in [9.17, 15) is 9.59 Å². The molecule has 4 rings (SSSR count). The first kappa shape index (κ1) is 16.2. The van der Waals surface area contributed by atoms with Crippen molar-refractivity contribution < 1.29 is 9.21 Å². The number of Topliss-reactive ketones (excluding diaryl/α,β-unsaturated/α-hetero) is 1. The third-order valence-electron chi connectivity index (χ3n) is 4.70. The molecule has 1 atom stereocenters. The van der Waals surface area contributed by atoms with E-state index in [0.29, 0.717) is 23.0 Å². The van der Waals surface area contributed by atoms with Crippen molar-refractivity contribution in [1.82, 2.24) is 4.98 Å². The summed E-state index contributed by atoms with van der Waals surface area (Å²) in [5, 5.41) is 2.02. The zero-order chi connectivity index (χ0) is 18.1. The molecule has 0 spiro atoms. The second kappa shape index (κ2) is 6.56. The highest BCUT2D eigenvalue weighted by Crippen LogP contribution is 2.25. The molecule has 26 heavy (non-hydrogen) atoms. The highest BCUT2D eigenvalue weighted by molar-refractivity contribution is 6.06. The van der Waals surface area contributed by atoms with Gasteiger partial charge in [0.25, 0.3) is 0 Å². The molecule has 0 amide bonds. The Hall–Kier alpha value is -3.27. The van der Waals surface area contributed by atoms with E-state index in [1.165, 1.54) is 6.20 Å². The Labute approximate surface area is 150 Å². The summed E-state index contributed by atoms with van der Waals surface area (Å²) in [6.45, 7) is 2.04. The lowest BCUT2D eigenvalue weighted by Crippen LogP contribution is -2.06.